The number of oxime groups is 2. The first kappa shape index (κ1) is 8.13. The van der Waals surface area contributed by atoms with E-state index in [1.54, 1.807) is 0 Å². The third-order valence-electron chi connectivity index (χ3n) is 5.42. The summed E-state index contributed by atoms with van der Waals surface area (Å²) in [4.78, 5) is 0. The van der Waals surface area contributed by atoms with Crippen molar-refractivity contribution >= 4 is 11.4 Å². The fourth-order valence-electron chi connectivity index (χ4n) is 5.14. The lowest BCUT2D eigenvalue weighted by Crippen LogP contribution is -2.26. The molecule has 0 amide bonds. The minimum Gasteiger partial charge on any atom is -0.411 e. The van der Waals surface area contributed by atoms with Crippen molar-refractivity contribution < 1.29 is 10.4 Å². The first-order valence-electron chi connectivity index (χ1n) is 5.76. The van der Waals surface area contributed by atoms with Gasteiger partial charge in [-0.2, -0.15) is 0 Å². The van der Waals surface area contributed by atoms with E-state index in [0.29, 0.717) is 23.7 Å². The second-order valence-corrected chi connectivity index (χ2v) is 5.53. The molecule has 0 spiro atoms. The minimum atomic E-state index is 0.398. The van der Waals surface area contributed by atoms with Crippen molar-refractivity contribution in [3.63, 3.8) is 0 Å². The second kappa shape index (κ2) is 2.36. The van der Waals surface area contributed by atoms with Crippen LogP contribution in [0.2, 0.25) is 0 Å². The molecule has 4 aliphatic carbocycles. The van der Waals surface area contributed by atoms with Crippen molar-refractivity contribution in [2.75, 3.05) is 0 Å². The Bertz CT molecular complexity index is 350. The lowest BCUT2D eigenvalue weighted by molar-refractivity contribution is 0.240. The monoisotopic (exact) mass is 206 g/mol. The molecule has 0 heterocycles. The van der Waals surface area contributed by atoms with Crippen LogP contribution in [0.25, 0.3) is 0 Å². The van der Waals surface area contributed by atoms with E-state index in [-0.39, 0.29) is 0 Å². The summed E-state index contributed by atoms with van der Waals surface area (Å²) in [7, 11) is 0. The molecule has 2 N–H and O–H groups in total. The molecule has 0 aromatic carbocycles. The van der Waals surface area contributed by atoms with E-state index in [4.69, 9.17) is 10.4 Å². The summed E-state index contributed by atoms with van der Waals surface area (Å²) in [6.07, 6.45) is 3.24. The van der Waals surface area contributed by atoms with Crippen molar-refractivity contribution in [3.05, 3.63) is 0 Å². The van der Waals surface area contributed by atoms with Crippen LogP contribution in [0.1, 0.15) is 19.3 Å². The van der Waals surface area contributed by atoms with Gasteiger partial charge in [-0.05, 0) is 42.9 Å². The summed E-state index contributed by atoms with van der Waals surface area (Å²) >= 11 is 0. The molecule has 4 nitrogen and oxygen atoms in total. The summed E-state index contributed by atoms with van der Waals surface area (Å²) in [5.41, 5.74) is 1.95. The zero-order chi connectivity index (χ0) is 10.2. The molecule has 0 aliphatic heterocycles. The lowest BCUT2D eigenvalue weighted by Gasteiger charge is -2.24. The van der Waals surface area contributed by atoms with Crippen LogP contribution >= 0.6 is 0 Å². The summed E-state index contributed by atoms with van der Waals surface area (Å²) < 4.78 is 0. The maximum Gasteiger partial charge on any atom is 0.0614 e. The number of hydrogen-bond acceptors (Lipinski definition) is 4. The van der Waals surface area contributed by atoms with Crippen molar-refractivity contribution in [1.29, 1.82) is 0 Å². The smallest absolute Gasteiger partial charge is 0.0614 e. The van der Waals surface area contributed by atoms with E-state index in [2.05, 4.69) is 10.3 Å². The lowest BCUT2D eigenvalue weighted by atomic mass is 9.79. The Hall–Kier alpha value is -1.06. The van der Waals surface area contributed by atoms with Gasteiger partial charge in [-0.1, -0.05) is 10.3 Å². The highest BCUT2D eigenvalue weighted by molar-refractivity contribution is 6.00. The topological polar surface area (TPSA) is 65.2 Å². The maximum atomic E-state index is 9.02. The molecule has 6 atom stereocenters. The predicted molar refractivity (Wildman–Crippen MR) is 53.2 cm³/mol. The Balaban J connectivity index is 1.87. The van der Waals surface area contributed by atoms with Crippen LogP contribution in [0.15, 0.2) is 10.3 Å². The van der Waals surface area contributed by atoms with Gasteiger partial charge in [0, 0.05) is 11.8 Å². The number of hydrogen-bond donors (Lipinski definition) is 2. The van der Waals surface area contributed by atoms with Crippen molar-refractivity contribution in [2.24, 2.45) is 45.8 Å². The van der Waals surface area contributed by atoms with E-state index in [9.17, 15) is 0 Å². The minimum absolute atomic E-state index is 0.398. The van der Waals surface area contributed by atoms with Gasteiger partial charge in [0.2, 0.25) is 0 Å². The molecule has 2 bridgehead atoms. The Kier molecular flexibility index (Phi) is 1.28. The van der Waals surface area contributed by atoms with Crippen LogP contribution in [0, 0.1) is 35.5 Å². The maximum absolute atomic E-state index is 9.02. The number of fused-ring (bicyclic) bond motifs is 2. The largest absolute Gasteiger partial charge is 0.411 e. The Labute approximate surface area is 87.7 Å². The van der Waals surface area contributed by atoms with Gasteiger partial charge >= 0.3 is 0 Å². The third kappa shape index (κ3) is 0.703. The van der Waals surface area contributed by atoms with Crippen LogP contribution in [-0.2, 0) is 0 Å². The zero-order valence-electron chi connectivity index (χ0n) is 8.37. The van der Waals surface area contributed by atoms with Gasteiger partial charge in [0.1, 0.15) is 0 Å². The van der Waals surface area contributed by atoms with E-state index in [1.807, 2.05) is 0 Å². The fraction of sp³-hybridized carbons (Fsp3) is 0.818. The Morgan fingerprint density at radius 2 is 1.27 bits per heavy atom. The molecule has 0 radical (unpaired) electrons. The standard InChI is InChI=1S/C11H14N2O2/c14-12-8-2-4-5-3-9(13-15)11-7(5)1-6(4)10(8)11/h4-7,10-11,14-15H,1-3H2/b12-8-,13-9+/t4-,5+,6-,7+,10+,11-/m0/s1. The molecule has 0 saturated heterocycles. The van der Waals surface area contributed by atoms with Crippen LogP contribution < -0.4 is 0 Å². The highest BCUT2D eigenvalue weighted by Gasteiger charge is 2.67. The van der Waals surface area contributed by atoms with Crippen molar-refractivity contribution in [2.45, 2.75) is 19.3 Å². The molecular formula is C11H14N2O2. The van der Waals surface area contributed by atoms with E-state index < -0.39 is 0 Å². The van der Waals surface area contributed by atoms with Crippen LogP contribution in [0.4, 0.5) is 0 Å². The van der Waals surface area contributed by atoms with Gasteiger partial charge in [0.25, 0.3) is 0 Å². The highest BCUT2D eigenvalue weighted by Crippen LogP contribution is 2.68. The molecule has 15 heavy (non-hydrogen) atoms. The number of rotatable bonds is 0. The van der Waals surface area contributed by atoms with E-state index in [0.717, 1.165) is 36.1 Å². The third-order valence-corrected chi connectivity index (χ3v) is 5.42. The van der Waals surface area contributed by atoms with Crippen molar-refractivity contribution in [3.8, 4) is 0 Å². The molecule has 4 rings (SSSR count). The summed E-state index contributed by atoms with van der Waals surface area (Å²) in [5, 5.41) is 25.0. The van der Waals surface area contributed by atoms with E-state index in [1.165, 1.54) is 6.42 Å². The van der Waals surface area contributed by atoms with Crippen LogP contribution in [0.3, 0.4) is 0 Å². The first-order chi connectivity index (χ1) is 7.35. The molecule has 80 valence electrons. The van der Waals surface area contributed by atoms with E-state index >= 15 is 0 Å². The molecule has 0 aromatic heterocycles. The summed E-state index contributed by atoms with van der Waals surface area (Å²) in [6, 6.07) is 0. The molecule has 0 aromatic rings. The molecule has 4 fully saturated rings. The first-order valence-corrected chi connectivity index (χ1v) is 5.76. The Morgan fingerprint density at radius 3 is 1.67 bits per heavy atom. The SMILES string of the molecule is O/N=C1/C[C@H]2[C@H]3C/C(=N\O)[C@@H]4[C@@H]3C[C@@H]2[C@H]14. The zero-order valence-corrected chi connectivity index (χ0v) is 8.37. The average Bonchev–Trinajstić information content (AvgIpc) is 2.83. The van der Waals surface area contributed by atoms with Gasteiger partial charge in [-0.3, -0.25) is 0 Å². The summed E-state index contributed by atoms with van der Waals surface area (Å²) in [5.74, 6) is 3.65. The van der Waals surface area contributed by atoms with Gasteiger partial charge in [-0.25, -0.2) is 0 Å². The van der Waals surface area contributed by atoms with Crippen LogP contribution in [-0.4, -0.2) is 21.8 Å². The van der Waals surface area contributed by atoms with Crippen LogP contribution in [0.5, 0.6) is 0 Å². The molecular weight excluding hydrogens is 192 g/mol. The Morgan fingerprint density at radius 1 is 0.800 bits per heavy atom. The molecule has 4 aliphatic rings. The van der Waals surface area contributed by atoms with Gasteiger partial charge in [0.05, 0.1) is 11.4 Å². The van der Waals surface area contributed by atoms with Gasteiger partial charge in [-0.15, -0.1) is 0 Å². The molecule has 4 heteroatoms. The van der Waals surface area contributed by atoms with Gasteiger partial charge < -0.3 is 10.4 Å². The van der Waals surface area contributed by atoms with Crippen molar-refractivity contribution in [1.82, 2.24) is 0 Å². The average molecular weight is 206 g/mol. The highest BCUT2D eigenvalue weighted by atomic mass is 16.4. The molecule has 0 unspecified atom stereocenters. The second-order valence-electron chi connectivity index (χ2n) is 5.53. The number of nitrogens with zero attached hydrogens (tertiary/aromatic N) is 2. The fourth-order valence-corrected chi connectivity index (χ4v) is 5.14. The predicted octanol–water partition coefficient (Wildman–Crippen LogP) is 1.57. The quantitative estimate of drug-likeness (QED) is 0.466. The summed E-state index contributed by atoms with van der Waals surface area (Å²) in [6.45, 7) is 0. The molecule has 4 saturated carbocycles. The van der Waals surface area contributed by atoms with Gasteiger partial charge in [0.15, 0.2) is 0 Å². The normalized spacial score (nSPS) is 60.0.